The molecular formula is C21H29N5O. The maximum absolute atomic E-state index is 13.2. The highest BCUT2D eigenvalue weighted by Crippen LogP contribution is 2.65. The van der Waals surface area contributed by atoms with Crippen LogP contribution in [0.1, 0.15) is 64.6 Å². The molecule has 4 aliphatic carbocycles. The molecule has 3 heterocycles. The molecular weight excluding hydrogens is 338 g/mol. The molecule has 2 unspecified atom stereocenters. The van der Waals surface area contributed by atoms with Gasteiger partial charge in [0.2, 0.25) is 0 Å². The van der Waals surface area contributed by atoms with Gasteiger partial charge in [0.05, 0.1) is 0 Å². The van der Waals surface area contributed by atoms with Crippen LogP contribution in [0.3, 0.4) is 0 Å². The van der Waals surface area contributed by atoms with Crippen molar-refractivity contribution >= 4 is 5.82 Å². The van der Waals surface area contributed by atoms with Crippen LogP contribution in [0.25, 0.3) is 11.5 Å². The van der Waals surface area contributed by atoms with Crippen LogP contribution in [0.4, 0.5) is 5.82 Å². The summed E-state index contributed by atoms with van der Waals surface area (Å²) >= 11 is 0. The first kappa shape index (κ1) is 16.1. The average molecular weight is 367 g/mol. The first-order valence-corrected chi connectivity index (χ1v) is 10.9. The molecule has 1 N–H and O–H groups in total. The van der Waals surface area contributed by atoms with Crippen molar-refractivity contribution in [3.05, 3.63) is 16.3 Å². The molecule has 0 aromatic heterocycles. The van der Waals surface area contributed by atoms with E-state index in [0.717, 1.165) is 60.3 Å². The first-order chi connectivity index (χ1) is 13.1. The summed E-state index contributed by atoms with van der Waals surface area (Å²) in [7, 11) is 0. The quantitative estimate of drug-likeness (QED) is 0.901. The third-order valence-corrected chi connectivity index (χ3v) is 7.97. The second-order valence-electron chi connectivity index (χ2n) is 9.56. The van der Waals surface area contributed by atoms with Crippen LogP contribution >= 0.6 is 0 Å². The summed E-state index contributed by atoms with van der Waals surface area (Å²) in [6, 6.07) is 0.315. The maximum Gasteiger partial charge on any atom is 0.331 e. The smallest absolute Gasteiger partial charge is 0.331 e. The zero-order chi connectivity index (χ0) is 18.3. The van der Waals surface area contributed by atoms with E-state index in [0.29, 0.717) is 12.6 Å². The Bertz CT molecular complexity index is 929. The molecule has 27 heavy (non-hydrogen) atoms. The lowest BCUT2D eigenvalue weighted by atomic mass is 9.75. The highest BCUT2D eigenvalue weighted by atomic mass is 16.1. The summed E-state index contributed by atoms with van der Waals surface area (Å²) in [6.07, 6.45) is 8.62. The molecule has 6 nitrogen and oxygen atoms in total. The van der Waals surface area contributed by atoms with Crippen molar-refractivity contribution in [2.75, 3.05) is 5.32 Å². The van der Waals surface area contributed by atoms with E-state index in [1.165, 1.54) is 32.1 Å². The number of nitrogens with one attached hydrogen (secondary N) is 1. The number of imidazole rings is 1. The van der Waals surface area contributed by atoms with Gasteiger partial charge in [0.1, 0.15) is 17.3 Å². The fraction of sp³-hybridized carbons (Fsp3) is 0.762. The van der Waals surface area contributed by atoms with Crippen molar-refractivity contribution in [2.24, 2.45) is 17.8 Å². The Morgan fingerprint density at radius 1 is 1.15 bits per heavy atom. The van der Waals surface area contributed by atoms with Crippen molar-refractivity contribution in [1.82, 2.24) is 19.1 Å². The van der Waals surface area contributed by atoms with Gasteiger partial charge in [-0.1, -0.05) is 13.8 Å². The van der Waals surface area contributed by atoms with E-state index in [4.69, 9.17) is 9.97 Å². The molecule has 7 rings (SSSR count). The Hall–Kier alpha value is -1.85. The summed E-state index contributed by atoms with van der Waals surface area (Å²) in [5.41, 5.74) is 1.19. The molecule has 4 saturated carbocycles. The molecule has 0 saturated heterocycles. The molecule has 0 aromatic carbocycles. The zero-order valence-electron chi connectivity index (χ0n) is 16.4. The Balaban J connectivity index is 1.55. The zero-order valence-corrected chi connectivity index (χ0v) is 16.4. The van der Waals surface area contributed by atoms with E-state index in [1.54, 1.807) is 0 Å². The van der Waals surface area contributed by atoms with Crippen LogP contribution in [-0.4, -0.2) is 25.1 Å². The molecule has 0 amide bonds. The van der Waals surface area contributed by atoms with Crippen molar-refractivity contribution in [3.8, 4) is 11.5 Å². The predicted molar refractivity (Wildman–Crippen MR) is 104 cm³/mol. The van der Waals surface area contributed by atoms with Gasteiger partial charge in [0, 0.05) is 24.5 Å². The van der Waals surface area contributed by atoms with Crippen LogP contribution in [0.2, 0.25) is 0 Å². The van der Waals surface area contributed by atoms with Crippen LogP contribution in [0.5, 0.6) is 0 Å². The van der Waals surface area contributed by atoms with Gasteiger partial charge < -0.3 is 5.32 Å². The summed E-state index contributed by atoms with van der Waals surface area (Å²) in [5.74, 6) is 5.29. The van der Waals surface area contributed by atoms with Crippen LogP contribution in [0.15, 0.2) is 4.79 Å². The second kappa shape index (κ2) is 5.36. The normalized spacial score (nSPS) is 35.9. The minimum atomic E-state index is 0.0731. The minimum absolute atomic E-state index is 0.0731. The summed E-state index contributed by atoms with van der Waals surface area (Å²) in [6.45, 7) is 5.74. The highest BCUT2D eigenvalue weighted by molar-refractivity contribution is 5.70. The molecule has 0 spiro atoms. The molecule has 0 aromatic rings. The van der Waals surface area contributed by atoms with Gasteiger partial charge in [-0.25, -0.2) is 14.8 Å². The second-order valence-corrected chi connectivity index (χ2v) is 9.56. The maximum atomic E-state index is 13.2. The molecule has 3 atom stereocenters. The van der Waals surface area contributed by atoms with Crippen molar-refractivity contribution in [2.45, 2.75) is 83.3 Å². The highest BCUT2D eigenvalue weighted by Gasteiger charge is 2.60. The Labute approximate surface area is 159 Å². The molecule has 3 aliphatic heterocycles. The van der Waals surface area contributed by atoms with Gasteiger partial charge in [-0.2, -0.15) is 0 Å². The number of rotatable bonds is 4. The monoisotopic (exact) mass is 367 g/mol. The number of nitrogens with zero attached hydrogens (tertiary/aromatic N) is 4. The van der Waals surface area contributed by atoms with E-state index < -0.39 is 0 Å². The molecule has 0 radical (unpaired) electrons. The molecule has 144 valence electrons. The van der Waals surface area contributed by atoms with E-state index in [2.05, 4.69) is 19.2 Å². The molecule has 6 heteroatoms. The number of hydrogen-bond donors (Lipinski definition) is 1. The topological polar surface area (TPSA) is 64.7 Å². The van der Waals surface area contributed by atoms with Gasteiger partial charge in [-0.05, 0) is 62.7 Å². The van der Waals surface area contributed by atoms with Gasteiger partial charge in [-0.3, -0.25) is 9.13 Å². The fourth-order valence-corrected chi connectivity index (χ4v) is 6.96. The predicted octanol–water partition coefficient (Wildman–Crippen LogP) is 3.24. The number of anilines is 1. The summed E-state index contributed by atoms with van der Waals surface area (Å²) < 4.78 is 3.78. The Morgan fingerprint density at radius 3 is 2.63 bits per heavy atom. The van der Waals surface area contributed by atoms with E-state index in [-0.39, 0.29) is 11.1 Å². The third-order valence-electron chi connectivity index (χ3n) is 7.97. The lowest BCUT2D eigenvalue weighted by Gasteiger charge is -2.30. The Morgan fingerprint density at radius 2 is 1.93 bits per heavy atom. The van der Waals surface area contributed by atoms with Crippen molar-refractivity contribution in [1.29, 1.82) is 0 Å². The number of hydrogen-bond acceptors (Lipinski definition) is 4. The lowest BCUT2D eigenvalue weighted by molar-refractivity contribution is 0.262. The van der Waals surface area contributed by atoms with Crippen molar-refractivity contribution < 1.29 is 0 Å². The van der Waals surface area contributed by atoms with Crippen LogP contribution in [0, 0.1) is 17.8 Å². The van der Waals surface area contributed by atoms with Gasteiger partial charge >= 0.3 is 5.69 Å². The summed E-state index contributed by atoms with van der Waals surface area (Å²) in [4.78, 5) is 23.4. The molecule has 4 fully saturated rings. The molecule has 7 aliphatic rings. The van der Waals surface area contributed by atoms with Gasteiger partial charge in [0.25, 0.3) is 0 Å². The Kier molecular flexibility index (Phi) is 3.20. The average Bonchev–Trinajstić information content (AvgIpc) is 3.38. The minimum Gasteiger partial charge on any atom is -0.365 e. The van der Waals surface area contributed by atoms with E-state index in [1.807, 2.05) is 9.13 Å². The van der Waals surface area contributed by atoms with Crippen LogP contribution in [-0.2, 0) is 18.5 Å². The van der Waals surface area contributed by atoms with Crippen molar-refractivity contribution in [3.63, 3.8) is 0 Å². The summed E-state index contributed by atoms with van der Waals surface area (Å²) in [5, 5.41) is 3.56. The standard InChI is InChI=1S/C21H29N5O/c1-3-5-25-18-16(17-22-15(4-2)11-26(17)20(25)27)23-19(24-18)21-9-12-6-13(10-21)8-14(21)7-12/h12-15,22H,3-11H2,1-2H3/t12?,13?,14?,15-,21?/m1/s1. The van der Waals surface area contributed by atoms with Gasteiger partial charge in [-0.15, -0.1) is 0 Å². The van der Waals surface area contributed by atoms with Gasteiger partial charge in [0.15, 0.2) is 5.82 Å². The third kappa shape index (κ3) is 1.99. The van der Waals surface area contributed by atoms with E-state index >= 15 is 0 Å². The lowest BCUT2D eigenvalue weighted by Crippen LogP contribution is -2.32. The van der Waals surface area contributed by atoms with E-state index in [9.17, 15) is 4.79 Å². The first-order valence-electron chi connectivity index (χ1n) is 10.9. The SMILES string of the molecule is CCCn1c2nc(C34CC5CC(CC3C5)C4)nc-2c2n(c1=O)C[C@@H](CC)N2. The largest absolute Gasteiger partial charge is 0.365 e. The molecule has 4 bridgehead atoms. The fourth-order valence-electron chi connectivity index (χ4n) is 6.96. The number of aromatic nitrogens is 4. The number of fused-ring (bicyclic) bond motifs is 3. The van der Waals surface area contributed by atoms with Crippen LogP contribution < -0.4 is 11.0 Å².